The lowest BCUT2D eigenvalue weighted by Crippen LogP contribution is -2.19. The maximum absolute atomic E-state index is 4.23. The fourth-order valence-corrected chi connectivity index (χ4v) is 0.989. The quantitative estimate of drug-likeness (QED) is 0.753. The van der Waals surface area contributed by atoms with Crippen molar-refractivity contribution in [2.75, 3.05) is 11.9 Å². The Morgan fingerprint density at radius 1 is 1.38 bits per heavy atom. The second kappa shape index (κ2) is 3.77. The summed E-state index contributed by atoms with van der Waals surface area (Å²) in [5.41, 5.74) is 1.54. The molecule has 0 atom stereocenters. The average Bonchev–Trinajstić information content (AvgIpc) is 2.00. The van der Waals surface area contributed by atoms with Gasteiger partial charge in [0.05, 0.1) is 0 Å². The van der Waals surface area contributed by atoms with Crippen LogP contribution in [-0.2, 0) is 0 Å². The summed E-state index contributed by atoms with van der Waals surface area (Å²) in [6, 6.07) is 4.06. The molecule has 0 saturated heterocycles. The monoisotopic (exact) mass is 178 g/mol. The molecule has 0 aromatic carbocycles. The molecule has 0 aliphatic carbocycles. The van der Waals surface area contributed by atoms with Gasteiger partial charge in [-0.15, -0.1) is 0 Å². The van der Waals surface area contributed by atoms with Gasteiger partial charge in [0, 0.05) is 12.7 Å². The van der Waals surface area contributed by atoms with Gasteiger partial charge in [-0.3, -0.25) is 0 Å². The number of pyridine rings is 1. The summed E-state index contributed by atoms with van der Waals surface area (Å²) >= 11 is 0. The predicted molar refractivity (Wildman–Crippen MR) is 56.9 cm³/mol. The number of nitrogens with zero attached hydrogens (tertiary/aromatic N) is 1. The van der Waals surface area contributed by atoms with Gasteiger partial charge in [0.25, 0.3) is 0 Å². The van der Waals surface area contributed by atoms with Gasteiger partial charge in [-0.2, -0.15) is 0 Å². The largest absolute Gasteiger partial charge is 0.370 e. The molecule has 1 aromatic rings. The van der Waals surface area contributed by atoms with Crippen LogP contribution in [0.3, 0.4) is 0 Å². The summed E-state index contributed by atoms with van der Waals surface area (Å²) in [4.78, 5) is 4.23. The molecule has 1 N–H and O–H groups in total. The summed E-state index contributed by atoms with van der Waals surface area (Å²) in [5.74, 6) is 0.968. The molecule has 0 unspecified atom stereocenters. The topological polar surface area (TPSA) is 24.9 Å². The Balaban J connectivity index is 2.55. The Labute approximate surface area is 80.4 Å². The summed E-state index contributed by atoms with van der Waals surface area (Å²) in [6.07, 6.45) is 1.83. The van der Waals surface area contributed by atoms with E-state index >= 15 is 0 Å². The molecule has 0 bridgehead atoms. The molecule has 0 fully saturated rings. The highest BCUT2D eigenvalue weighted by Gasteiger charge is 2.09. The highest BCUT2D eigenvalue weighted by Crippen LogP contribution is 2.14. The van der Waals surface area contributed by atoms with Crippen molar-refractivity contribution in [2.45, 2.75) is 27.7 Å². The number of aromatic nitrogens is 1. The van der Waals surface area contributed by atoms with Gasteiger partial charge in [-0.1, -0.05) is 20.8 Å². The number of anilines is 1. The van der Waals surface area contributed by atoms with Crippen molar-refractivity contribution in [3.8, 4) is 0 Å². The van der Waals surface area contributed by atoms with E-state index in [9.17, 15) is 0 Å². The van der Waals surface area contributed by atoms with E-state index in [0.29, 0.717) is 5.41 Å². The van der Waals surface area contributed by atoms with E-state index in [2.05, 4.69) is 44.1 Å². The van der Waals surface area contributed by atoms with Crippen LogP contribution in [0.15, 0.2) is 18.3 Å². The fourth-order valence-electron chi connectivity index (χ4n) is 0.989. The minimum absolute atomic E-state index is 0.297. The molecule has 2 nitrogen and oxygen atoms in total. The van der Waals surface area contributed by atoms with Gasteiger partial charge in [0.1, 0.15) is 5.82 Å². The van der Waals surface area contributed by atoms with Gasteiger partial charge in [0.2, 0.25) is 0 Å². The number of rotatable bonds is 2. The molecule has 1 rings (SSSR count). The van der Waals surface area contributed by atoms with Crippen molar-refractivity contribution in [1.29, 1.82) is 0 Å². The van der Waals surface area contributed by atoms with Gasteiger partial charge in [-0.25, -0.2) is 4.98 Å². The first kappa shape index (κ1) is 10.0. The zero-order chi connectivity index (χ0) is 9.90. The van der Waals surface area contributed by atoms with Crippen molar-refractivity contribution in [3.63, 3.8) is 0 Å². The minimum atomic E-state index is 0.297. The first-order chi connectivity index (χ1) is 5.97. The van der Waals surface area contributed by atoms with E-state index in [1.54, 1.807) is 0 Å². The molecule has 13 heavy (non-hydrogen) atoms. The molecule has 0 spiro atoms. The van der Waals surface area contributed by atoms with Crippen LogP contribution in [-0.4, -0.2) is 11.5 Å². The van der Waals surface area contributed by atoms with Crippen molar-refractivity contribution in [2.24, 2.45) is 5.41 Å². The molecule has 0 radical (unpaired) electrons. The first-order valence-electron chi connectivity index (χ1n) is 4.64. The highest BCUT2D eigenvalue weighted by atomic mass is 15.0. The lowest BCUT2D eigenvalue weighted by Gasteiger charge is -2.19. The molecule has 1 heterocycles. The van der Waals surface area contributed by atoms with Crippen LogP contribution in [0.25, 0.3) is 0 Å². The molecular formula is C11H18N2. The van der Waals surface area contributed by atoms with Crippen molar-refractivity contribution < 1.29 is 0 Å². The van der Waals surface area contributed by atoms with E-state index in [4.69, 9.17) is 0 Å². The Kier molecular flexibility index (Phi) is 2.91. The normalized spacial score (nSPS) is 11.4. The number of hydrogen-bond donors (Lipinski definition) is 1. The van der Waals surface area contributed by atoms with Crippen LogP contribution in [0.5, 0.6) is 0 Å². The molecule has 0 aliphatic rings. The average molecular weight is 178 g/mol. The SMILES string of the molecule is Cc1ccnc(NCC(C)(C)C)c1. The van der Waals surface area contributed by atoms with E-state index in [1.165, 1.54) is 5.56 Å². The second-order valence-corrected chi connectivity index (χ2v) is 4.63. The number of hydrogen-bond acceptors (Lipinski definition) is 2. The van der Waals surface area contributed by atoms with E-state index in [0.717, 1.165) is 12.4 Å². The van der Waals surface area contributed by atoms with E-state index in [-0.39, 0.29) is 0 Å². The predicted octanol–water partition coefficient (Wildman–Crippen LogP) is 2.85. The zero-order valence-electron chi connectivity index (χ0n) is 8.89. The number of nitrogens with one attached hydrogen (secondary N) is 1. The minimum Gasteiger partial charge on any atom is -0.370 e. The van der Waals surface area contributed by atoms with Crippen LogP contribution < -0.4 is 5.32 Å². The zero-order valence-corrected chi connectivity index (χ0v) is 8.89. The lowest BCUT2D eigenvalue weighted by molar-refractivity contribution is 0.442. The molecule has 2 heteroatoms. The highest BCUT2D eigenvalue weighted by molar-refractivity contribution is 5.36. The van der Waals surface area contributed by atoms with Crippen molar-refractivity contribution in [3.05, 3.63) is 23.9 Å². The van der Waals surface area contributed by atoms with Crippen molar-refractivity contribution >= 4 is 5.82 Å². The van der Waals surface area contributed by atoms with E-state index < -0.39 is 0 Å². The van der Waals surface area contributed by atoms with Crippen LogP contribution >= 0.6 is 0 Å². The molecule has 0 saturated carbocycles. The summed E-state index contributed by atoms with van der Waals surface area (Å²) in [5, 5.41) is 3.31. The maximum atomic E-state index is 4.23. The summed E-state index contributed by atoms with van der Waals surface area (Å²) < 4.78 is 0. The van der Waals surface area contributed by atoms with Crippen LogP contribution in [0.2, 0.25) is 0 Å². The Bertz CT molecular complexity index is 274. The lowest BCUT2D eigenvalue weighted by atomic mass is 9.97. The van der Waals surface area contributed by atoms with Crippen LogP contribution in [0.4, 0.5) is 5.82 Å². The molecule has 0 aliphatic heterocycles. The summed E-state index contributed by atoms with van der Waals surface area (Å²) in [6.45, 7) is 9.63. The Morgan fingerprint density at radius 2 is 2.08 bits per heavy atom. The third-order valence-corrected chi connectivity index (χ3v) is 1.72. The van der Waals surface area contributed by atoms with Gasteiger partial charge in [-0.05, 0) is 30.0 Å². The molecule has 1 aromatic heterocycles. The summed E-state index contributed by atoms with van der Waals surface area (Å²) in [7, 11) is 0. The fraction of sp³-hybridized carbons (Fsp3) is 0.545. The molecular weight excluding hydrogens is 160 g/mol. The molecule has 0 amide bonds. The first-order valence-corrected chi connectivity index (χ1v) is 4.64. The third kappa shape index (κ3) is 3.92. The Hall–Kier alpha value is -1.05. The Morgan fingerprint density at radius 3 is 2.62 bits per heavy atom. The standard InChI is InChI=1S/C11H18N2/c1-9-5-6-12-10(7-9)13-8-11(2,3)4/h5-7H,8H2,1-4H3,(H,12,13). The van der Waals surface area contributed by atoms with E-state index in [1.807, 2.05) is 12.3 Å². The second-order valence-electron chi connectivity index (χ2n) is 4.63. The van der Waals surface area contributed by atoms with Gasteiger partial charge < -0.3 is 5.32 Å². The number of aryl methyl sites for hydroxylation is 1. The molecule has 72 valence electrons. The van der Waals surface area contributed by atoms with Crippen molar-refractivity contribution in [1.82, 2.24) is 4.98 Å². The smallest absolute Gasteiger partial charge is 0.126 e. The van der Waals surface area contributed by atoms with Crippen LogP contribution in [0.1, 0.15) is 26.3 Å². The maximum Gasteiger partial charge on any atom is 0.126 e. The third-order valence-electron chi connectivity index (χ3n) is 1.72. The van der Waals surface area contributed by atoms with Gasteiger partial charge >= 0.3 is 0 Å². The van der Waals surface area contributed by atoms with Crippen LogP contribution in [0, 0.1) is 12.3 Å². The van der Waals surface area contributed by atoms with Gasteiger partial charge in [0.15, 0.2) is 0 Å².